The zero-order valence-electron chi connectivity index (χ0n) is 32.4. The molecule has 2 unspecified atom stereocenters. The number of aliphatic hydroxyl groups is 4. The average Bonchev–Trinajstić information content (AvgIpc) is 3.13. The van der Waals surface area contributed by atoms with Gasteiger partial charge in [0.2, 0.25) is 0 Å². The standard InChI is InChI=1S/C41H76O10/c1-3-5-7-9-11-12-13-14-15-16-17-18-19-20-21-22-24-25-27-29-36(43)48-32-34(50-37(44)30-28-26-23-10-8-6-4-2)33-49-41-40(47)39(46)38(45)35(31-42)51-41/h14-15,34-35,38-42,45-47H,3-13,16-33H2,1-2H3/b15-14+/t34-,35-,38+,39?,40?,41-/m0/s1. The summed E-state index contributed by atoms with van der Waals surface area (Å²) in [5, 5.41) is 39.8. The van der Waals surface area contributed by atoms with Crippen LogP contribution in [0.1, 0.15) is 181 Å². The van der Waals surface area contributed by atoms with E-state index in [0.717, 1.165) is 38.5 Å². The molecule has 0 bridgehead atoms. The maximum atomic E-state index is 12.6. The Morgan fingerprint density at radius 3 is 1.53 bits per heavy atom. The van der Waals surface area contributed by atoms with Gasteiger partial charge in [0.05, 0.1) is 13.2 Å². The third-order valence-electron chi connectivity index (χ3n) is 9.65. The number of esters is 2. The minimum Gasteiger partial charge on any atom is -0.462 e. The number of carbonyl (C=O) groups excluding carboxylic acids is 2. The van der Waals surface area contributed by atoms with Crippen LogP contribution in [0, 0.1) is 0 Å². The minimum atomic E-state index is -1.59. The molecule has 1 aliphatic heterocycles. The van der Waals surface area contributed by atoms with Gasteiger partial charge in [-0.25, -0.2) is 0 Å². The molecular weight excluding hydrogens is 652 g/mol. The number of hydrogen-bond acceptors (Lipinski definition) is 10. The summed E-state index contributed by atoms with van der Waals surface area (Å²) in [6, 6.07) is 0. The molecule has 1 aliphatic rings. The number of hydrogen-bond donors (Lipinski definition) is 4. The van der Waals surface area contributed by atoms with Gasteiger partial charge in [0.25, 0.3) is 0 Å². The van der Waals surface area contributed by atoms with Crippen molar-refractivity contribution in [2.45, 2.75) is 218 Å². The van der Waals surface area contributed by atoms with Crippen LogP contribution in [0.5, 0.6) is 0 Å². The lowest BCUT2D eigenvalue weighted by molar-refractivity contribution is -0.305. The summed E-state index contributed by atoms with van der Waals surface area (Å²) in [7, 11) is 0. The van der Waals surface area contributed by atoms with Crippen molar-refractivity contribution < 1.29 is 49.0 Å². The largest absolute Gasteiger partial charge is 0.462 e. The fourth-order valence-corrected chi connectivity index (χ4v) is 6.30. The van der Waals surface area contributed by atoms with Crippen LogP contribution in [0.3, 0.4) is 0 Å². The van der Waals surface area contributed by atoms with E-state index in [1.54, 1.807) is 0 Å². The first-order chi connectivity index (χ1) is 24.8. The minimum absolute atomic E-state index is 0.214. The summed E-state index contributed by atoms with van der Waals surface area (Å²) in [4.78, 5) is 25.1. The van der Waals surface area contributed by atoms with Crippen molar-refractivity contribution in [1.82, 2.24) is 0 Å². The monoisotopic (exact) mass is 729 g/mol. The van der Waals surface area contributed by atoms with Crippen LogP contribution in [-0.2, 0) is 28.5 Å². The molecule has 1 fully saturated rings. The van der Waals surface area contributed by atoms with Crippen molar-refractivity contribution in [2.75, 3.05) is 19.8 Å². The second-order valence-corrected chi connectivity index (χ2v) is 14.4. The van der Waals surface area contributed by atoms with E-state index in [-0.39, 0.29) is 32.0 Å². The molecule has 0 aromatic carbocycles. The lowest BCUT2D eigenvalue weighted by Crippen LogP contribution is -2.59. The first-order valence-electron chi connectivity index (χ1n) is 20.8. The molecule has 10 heteroatoms. The fraction of sp³-hybridized carbons (Fsp3) is 0.902. The Balaban J connectivity index is 2.26. The zero-order valence-corrected chi connectivity index (χ0v) is 32.4. The van der Waals surface area contributed by atoms with Gasteiger partial charge in [-0.2, -0.15) is 0 Å². The molecule has 300 valence electrons. The van der Waals surface area contributed by atoms with E-state index >= 15 is 0 Å². The van der Waals surface area contributed by atoms with E-state index in [1.807, 2.05) is 0 Å². The topological polar surface area (TPSA) is 152 Å². The zero-order chi connectivity index (χ0) is 37.4. The molecule has 0 aromatic heterocycles. The van der Waals surface area contributed by atoms with E-state index in [0.29, 0.717) is 6.42 Å². The maximum Gasteiger partial charge on any atom is 0.306 e. The van der Waals surface area contributed by atoms with Gasteiger partial charge in [-0.15, -0.1) is 0 Å². The number of carbonyl (C=O) groups is 2. The van der Waals surface area contributed by atoms with E-state index in [1.165, 1.54) is 109 Å². The Morgan fingerprint density at radius 2 is 1.04 bits per heavy atom. The molecule has 0 amide bonds. The highest BCUT2D eigenvalue weighted by Crippen LogP contribution is 2.22. The van der Waals surface area contributed by atoms with Gasteiger partial charge in [0.15, 0.2) is 12.4 Å². The van der Waals surface area contributed by atoms with Gasteiger partial charge < -0.3 is 39.4 Å². The third-order valence-corrected chi connectivity index (χ3v) is 9.65. The second kappa shape index (κ2) is 33.0. The lowest BCUT2D eigenvalue weighted by atomic mass is 9.99. The molecule has 1 saturated heterocycles. The highest BCUT2D eigenvalue weighted by atomic mass is 16.7. The lowest BCUT2D eigenvalue weighted by Gasteiger charge is -2.39. The molecule has 0 saturated carbocycles. The van der Waals surface area contributed by atoms with E-state index < -0.39 is 49.4 Å². The maximum absolute atomic E-state index is 12.6. The van der Waals surface area contributed by atoms with E-state index in [9.17, 15) is 30.0 Å². The number of unbranched alkanes of at least 4 members (excludes halogenated alkanes) is 21. The summed E-state index contributed by atoms with van der Waals surface area (Å²) >= 11 is 0. The summed E-state index contributed by atoms with van der Waals surface area (Å²) < 4.78 is 22.0. The summed E-state index contributed by atoms with van der Waals surface area (Å²) in [5.74, 6) is -0.811. The SMILES string of the molecule is CCCCCCCC/C=C/CCCCCCCCCCCC(=O)OC[C@@H](CO[C@H]1O[C@@H](CO)[C@@H](O)C(O)C1O)OC(=O)CCCCCCCCC. The summed E-state index contributed by atoms with van der Waals surface area (Å²) in [6.45, 7) is 3.36. The van der Waals surface area contributed by atoms with Crippen LogP contribution < -0.4 is 0 Å². The first kappa shape index (κ1) is 47.5. The van der Waals surface area contributed by atoms with Crippen molar-refractivity contribution in [2.24, 2.45) is 0 Å². The van der Waals surface area contributed by atoms with Gasteiger partial charge in [0.1, 0.15) is 31.0 Å². The van der Waals surface area contributed by atoms with Crippen molar-refractivity contribution >= 4 is 11.9 Å². The van der Waals surface area contributed by atoms with E-state index in [2.05, 4.69) is 26.0 Å². The van der Waals surface area contributed by atoms with Crippen molar-refractivity contribution in [3.63, 3.8) is 0 Å². The second-order valence-electron chi connectivity index (χ2n) is 14.4. The molecule has 51 heavy (non-hydrogen) atoms. The molecule has 1 heterocycles. The highest BCUT2D eigenvalue weighted by Gasteiger charge is 2.44. The van der Waals surface area contributed by atoms with Crippen LogP contribution >= 0.6 is 0 Å². The van der Waals surface area contributed by atoms with Gasteiger partial charge in [0, 0.05) is 12.8 Å². The molecule has 0 spiro atoms. The molecule has 0 aliphatic carbocycles. The third kappa shape index (κ3) is 25.2. The molecular formula is C41H76O10. The molecule has 0 aromatic rings. The Hall–Kier alpha value is -1.56. The number of ether oxygens (including phenoxy) is 4. The Kier molecular flexibility index (Phi) is 30.7. The van der Waals surface area contributed by atoms with Gasteiger partial charge in [-0.05, 0) is 38.5 Å². The normalized spacial score (nSPS) is 21.3. The number of allylic oxidation sites excluding steroid dienone is 2. The molecule has 6 atom stereocenters. The van der Waals surface area contributed by atoms with Gasteiger partial charge in [-0.1, -0.05) is 142 Å². The predicted octanol–water partition coefficient (Wildman–Crippen LogP) is 8.00. The Bertz CT molecular complexity index is 850. The fourth-order valence-electron chi connectivity index (χ4n) is 6.30. The highest BCUT2D eigenvalue weighted by molar-refractivity contribution is 5.70. The van der Waals surface area contributed by atoms with E-state index in [4.69, 9.17) is 18.9 Å². The average molecular weight is 729 g/mol. The van der Waals surface area contributed by atoms with Gasteiger partial charge >= 0.3 is 11.9 Å². The Labute approximate surface area is 310 Å². The predicted molar refractivity (Wildman–Crippen MR) is 201 cm³/mol. The molecule has 4 N–H and O–H groups in total. The van der Waals surface area contributed by atoms with Crippen LogP contribution in [-0.4, -0.2) is 89.0 Å². The van der Waals surface area contributed by atoms with Crippen LogP contribution in [0.15, 0.2) is 12.2 Å². The summed E-state index contributed by atoms with van der Waals surface area (Å²) in [6.07, 6.45) is 25.3. The number of rotatable bonds is 34. The van der Waals surface area contributed by atoms with Crippen LogP contribution in [0.4, 0.5) is 0 Å². The number of aliphatic hydroxyl groups excluding tert-OH is 4. The summed E-state index contributed by atoms with van der Waals surface area (Å²) in [5.41, 5.74) is 0. The van der Waals surface area contributed by atoms with Gasteiger partial charge in [-0.3, -0.25) is 9.59 Å². The molecule has 0 radical (unpaired) electrons. The van der Waals surface area contributed by atoms with Crippen LogP contribution in [0.2, 0.25) is 0 Å². The first-order valence-corrected chi connectivity index (χ1v) is 20.8. The molecule has 10 nitrogen and oxygen atoms in total. The Morgan fingerprint density at radius 1 is 0.588 bits per heavy atom. The molecule has 1 rings (SSSR count). The quantitative estimate of drug-likeness (QED) is 0.0291. The smallest absolute Gasteiger partial charge is 0.306 e. The van der Waals surface area contributed by atoms with Crippen molar-refractivity contribution in [3.05, 3.63) is 12.2 Å². The van der Waals surface area contributed by atoms with Crippen molar-refractivity contribution in [1.29, 1.82) is 0 Å². The van der Waals surface area contributed by atoms with Crippen LogP contribution in [0.25, 0.3) is 0 Å². The van der Waals surface area contributed by atoms with Crippen molar-refractivity contribution in [3.8, 4) is 0 Å².